The Labute approximate surface area is 174 Å². The van der Waals surface area contributed by atoms with Crippen LogP contribution in [-0.4, -0.2) is 40.8 Å². The Bertz CT molecular complexity index is 585. The zero-order chi connectivity index (χ0) is 21.5. The quantitative estimate of drug-likeness (QED) is 0.349. The van der Waals surface area contributed by atoms with Gasteiger partial charge < -0.3 is 20.3 Å². The highest BCUT2D eigenvalue weighted by Crippen LogP contribution is 2.14. The molecule has 0 aliphatic carbocycles. The number of rotatable bonds is 16. The standard InChI is InChI=1S/C23H37NO5/c1-3-4-5-6-7-8-9-10-11-12-17-29-20-15-13-19(14-16-20)22(26)24-21(18(2)25)23(27)28/h13-16,18,21,25H,3-12,17H2,1-2H3,(H,24,26)(H,27,28)/t18-,21+/m1/s1. The smallest absolute Gasteiger partial charge is 0.328 e. The van der Waals surface area contributed by atoms with Gasteiger partial charge in [0.05, 0.1) is 12.7 Å². The number of unbranched alkanes of at least 4 members (excludes halogenated alkanes) is 9. The maximum atomic E-state index is 12.1. The number of aliphatic hydroxyl groups is 1. The number of carbonyl (C=O) groups excluding carboxylic acids is 1. The molecule has 0 unspecified atom stereocenters. The average molecular weight is 408 g/mol. The van der Waals surface area contributed by atoms with Gasteiger partial charge in [0.15, 0.2) is 6.04 Å². The first kappa shape index (κ1) is 25.0. The van der Waals surface area contributed by atoms with E-state index in [4.69, 9.17) is 9.84 Å². The molecule has 1 amide bonds. The molecule has 0 aliphatic rings. The zero-order valence-electron chi connectivity index (χ0n) is 17.9. The van der Waals surface area contributed by atoms with Crippen molar-refractivity contribution in [2.45, 2.75) is 90.2 Å². The van der Waals surface area contributed by atoms with Crippen molar-refractivity contribution in [3.05, 3.63) is 29.8 Å². The molecule has 0 saturated carbocycles. The number of ether oxygens (including phenoxy) is 1. The molecule has 6 nitrogen and oxygen atoms in total. The molecule has 0 aromatic heterocycles. The van der Waals surface area contributed by atoms with Gasteiger partial charge in [-0.05, 0) is 37.6 Å². The van der Waals surface area contributed by atoms with Crippen molar-refractivity contribution in [2.75, 3.05) is 6.61 Å². The monoisotopic (exact) mass is 407 g/mol. The fourth-order valence-electron chi connectivity index (χ4n) is 3.10. The van der Waals surface area contributed by atoms with Crippen molar-refractivity contribution < 1.29 is 24.5 Å². The Hall–Kier alpha value is -2.08. The van der Waals surface area contributed by atoms with Crippen LogP contribution in [0.5, 0.6) is 5.75 Å². The Kier molecular flexibility index (Phi) is 12.8. The van der Waals surface area contributed by atoms with E-state index in [0.29, 0.717) is 17.9 Å². The van der Waals surface area contributed by atoms with Gasteiger partial charge in [0.2, 0.25) is 0 Å². The van der Waals surface area contributed by atoms with E-state index in [-0.39, 0.29) is 0 Å². The van der Waals surface area contributed by atoms with Crippen LogP contribution < -0.4 is 10.1 Å². The first-order valence-electron chi connectivity index (χ1n) is 10.9. The fraction of sp³-hybridized carbons (Fsp3) is 0.652. The predicted molar refractivity (Wildman–Crippen MR) is 114 cm³/mol. The molecule has 164 valence electrons. The van der Waals surface area contributed by atoms with Crippen LogP contribution >= 0.6 is 0 Å². The second kappa shape index (κ2) is 14.9. The number of hydrogen-bond donors (Lipinski definition) is 3. The normalized spacial score (nSPS) is 12.9. The number of aliphatic carboxylic acids is 1. The molecular formula is C23H37NO5. The summed E-state index contributed by atoms with van der Waals surface area (Å²) in [5.74, 6) is -1.13. The number of nitrogens with one attached hydrogen (secondary N) is 1. The molecule has 0 fully saturated rings. The summed E-state index contributed by atoms with van der Waals surface area (Å²) in [4.78, 5) is 23.2. The molecule has 1 aromatic carbocycles. The van der Waals surface area contributed by atoms with Gasteiger partial charge in [-0.3, -0.25) is 4.79 Å². The molecule has 1 rings (SSSR count). The lowest BCUT2D eigenvalue weighted by Crippen LogP contribution is -2.47. The predicted octanol–water partition coefficient (Wildman–Crippen LogP) is 4.55. The van der Waals surface area contributed by atoms with E-state index in [9.17, 15) is 14.7 Å². The molecule has 0 spiro atoms. The van der Waals surface area contributed by atoms with E-state index in [0.717, 1.165) is 12.8 Å². The summed E-state index contributed by atoms with van der Waals surface area (Å²) in [5, 5.41) is 20.8. The van der Waals surface area contributed by atoms with Crippen LogP contribution in [0, 0.1) is 0 Å². The topological polar surface area (TPSA) is 95.9 Å². The van der Waals surface area contributed by atoms with Crippen molar-refractivity contribution in [3.8, 4) is 5.75 Å². The lowest BCUT2D eigenvalue weighted by molar-refractivity contribution is -0.141. The fourth-order valence-corrected chi connectivity index (χ4v) is 3.10. The molecule has 29 heavy (non-hydrogen) atoms. The van der Waals surface area contributed by atoms with E-state index in [1.54, 1.807) is 24.3 Å². The molecule has 1 aromatic rings. The van der Waals surface area contributed by atoms with Gasteiger partial charge in [-0.15, -0.1) is 0 Å². The van der Waals surface area contributed by atoms with E-state index in [1.165, 1.54) is 58.3 Å². The Morgan fingerprint density at radius 2 is 1.45 bits per heavy atom. The summed E-state index contributed by atoms with van der Waals surface area (Å²) in [6, 6.07) is 5.23. The largest absolute Gasteiger partial charge is 0.494 e. The molecule has 0 radical (unpaired) electrons. The summed E-state index contributed by atoms with van der Waals surface area (Å²) in [6.07, 6.45) is 11.6. The van der Waals surface area contributed by atoms with E-state index < -0.39 is 24.0 Å². The third kappa shape index (κ3) is 10.9. The van der Waals surface area contributed by atoms with Gasteiger partial charge in [-0.25, -0.2) is 4.79 Å². The van der Waals surface area contributed by atoms with Crippen molar-refractivity contribution in [2.24, 2.45) is 0 Å². The molecule has 0 saturated heterocycles. The lowest BCUT2D eigenvalue weighted by Gasteiger charge is -2.17. The highest BCUT2D eigenvalue weighted by molar-refractivity contribution is 5.96. The minimum atomic E-state index is -1.34. The van der Waals surface area contributed by atoms with Crippen LogP contribution in [0.3, 0.4) is 0 Å². The number of hydrogen-bond acceptors (Lipinski definition) is 4. The Balaban J connectivity index is 2.20. The van der Waals surface area contributed by atoms with Crippen molar-refractivity contribution >= 4 is 11.9 Å². The third-order valence-corrected chi connectivity index (χ3v) is 4.92. The number of aliphatic hydroxyl groups excluding tert-OH is 1. The highest BCUT2D eigenvalue weighted by atomic mass is 16.5. The van der Waals surface area contributed by atoms with Crippen molar-refractivity contribution in [1.82, 2.24) is 5.32 Å². The van der Waals surface area contributed by atoms with Crippen molar-refractivity contribution in [1.29, 1.82) is 0 Å². The van der Waals surface area contributed by atoms with Crippen LogP contribution in [0.4, 0.5) is 0 Å². The van der Waals surface area contributed by atoms with Gasteiger partial charge in [0, 0.05) is 5.56 Å². The number of carboxylic acid groups (broad SMARTS) is 1. The first-order chi connectivity index (χ1) is 14.0. The van der Waals surface area contributed by atoms with Gasteiger partial charge in [-0.1, -0.05) is 64.7 Å². The second-order valence-corrected chi connectivity index (χ2v) is 7.58. The van der Waals surface area contributed by atoms with Crippen LogP contribution in [0.1, 0.15) is 88.4 Å². The first-order valence-corrected chi connectivity index (χ1v) is 10.9. The van der Waals surface area contributed by atoms with Gasteiger partial charge in [0.1, 0.15) is 5.75 Å². The molecule has 0 aliphatic heterocycles. The van der Waals surface area contributed by atoms with Crippen LogP contribution in [0.2, 0.25) is 0 Å². The van der Waals surface area contributed by atoms with Gasteiger partial charge in [-0.2, -0.15) is 0 Å². The average Bonchev–Trinajstić information content (AvgIpc) is 2.70. The SMILES string of the molecule is CCCCCCCCCCCCOc1ccc(C(=O)N[C@H](C(=O)O)[C@@H](C)O)cc1. The minimum absolute atomic E-state index is 0.322. The second-order valence-electron chi connectivity index (χ2n) is 7.58. The summed E-state index contributed by atoms with van der Waals surface area (Å²) < 4.78 is 5.70. The minimum Gasteiger partial charge on any atom is -0.494 e. The number of carbonyl (C=O) groups is 2. The van der Waals surface area contributed by atoms with Crippen molar-refractivity contribution in [3.63, 3.8) is 0 Å². The van der Waals surface area contributed by atoms with Crippen LogP contribution in [-0.2, 0) is 4.79 Å². The summed E-state index contributed by atoms with van der Waals surface area (Å²) in [7, 11) is 0. The van der Waals surface area contributed by atoms with E-state index in [2.05, 4.69) is 12.2 Å². The number of amides is 1. The Morgan fingerprint density at radius 3 is 1.93 bits per heavy atom. The Morgan fingerprint density at radius 1 is 0.931 bits per heavy atom. The summed E-state index contributed by atoms with van der Waals surface area (Å²) >= 11 is 0. The summed E-state index contributed by atoms with van der Waals surface area (Å²) in [6.45, 7) is 4.21. The van der Waals surface area contributed by atoms with Crippen LogP contribution in [0.25, 0.3) is 0 Å². The number of benzene rings is 1. The molecule has 6 heteroatoms. The molecule has 0 heterocycles. The molecule has 2 atom stereocenters. The number of carboxylic acids is 1. The van der Waals surface area contributed by atoms with Gasteiger partial charge >= 0.3 is 5.97 Å². The zero-order valence-corrected chi connectivity index (χ0v) is 17.9. The summed E-state index contributed by atoms with van der Waals surface area (Å²) in [5.41, 5.74) is 0.322. The maximum Gasteiger partial charge on any atom is 0.328 e. The maximum absolute atomic E-state index is 12.1. The molecule has 3 N–H and O–H groups in total. The third-order valence-electron chi connectivity index (χ3n) is 4.92. The van der Waals surface area contributed by atoms with Crippen LogP contribution in [0.15, 0.2) is 24.3 Å². The van der Waals surface area contributed by atoms with Gasteiger partial charge in [0.25, 0.3) is 5.91 Å². The highest BCUT2D eigenvalue weighted by Gasteiger charge is 2.25. The van der Waals surface area contributed by atoms with E-state index in [1.807, 2.05) is 0 Å². The molecular weight excluding hydrogens is 370 g/mol. The lowest BCUT2D eigenvalue weighted by atomic mass is 10.1. The van der Waals surface area contributed by atoms with E-state index >= 15 is 0 Å². The molecule has 0 bridgehead atoms.